The molecule has 88 valence electrons. The van der Waals surface area contributed by atoms with Crippen LogP contribution in [0.3, 0.4) is 0 Å². The van der Waals surface area contributed by atoms with Crippen molar-refractivity contribution < 1.29 is 5.11 Å². The van der Waals surface area contributed by atoms with Gasteiger partial charge >= 0.3 is 0 Å². The van der Waals surface area contributed by atoms with Gasteiger partial charge in [-0.1, -0.05) is 50.5 Å². The Morgan fingerprint density at radius 2 is 2.00 bits per heavy atom. The van der Waals surface area contributed by atoms with Gasteiger partial charge in [0.2, 0.25) is 0 Å². The van der Waals surface area contributed by atoms with Gasteiger partial charge in [0.05, 0.1) is 6.10 Å². The summed E-state index contributed by atoms with van der Waals surface area (Å²) < 4.78 is 0. The van der Waals surface area contributed by atoms with Crippen LogP contribution in [0.1, 0.15) is 56.1 Å². The minimum Gasteiger partial charge on any atom is -0.392 e. The molecule has 1 nitrogen and oxygen atoms in total. The van der Waals surface area contributed by atoms with Crippen LogP contribution in [0.25, 0.3) is 0 Å². The van der Waals surface area contributed by atoms with Crippen molar-refractivity contribution in [2.24, 2.45) is 0 Å². The van der Waals surface area contributed by atoms with Crippen LogP contribution in [-0.2, 0) is 6.42 Å². The molecule has 0 heterocycles. The van der Waals surface area contributed by atoms with Crippen LogP contribution in [0.4, 0.5) is 0 Å². The maximum absolute atomic E-state index is 10.2. The van der Waals surface area contributed by atoms with E-state index in [1.807, 2.05) is 0 Å². The van der Waals surface area contributed by atoms with Gasteiger partial charge in [0, 0.05) is 5.92 Å². The van der Waals surface area contributed by atoms with E-state index in [2.05, 4.69) is 31.2 Å². The average molecular weight is 218 g/mol. The van der Waals surface area contributed by atoms with Crippen molar-refractivity contribution in [1.82, 2.24) is 0 Å². The van der Waals surface area contributed by atoms with E-state index in [0.29, 0.717) is 5.92 Å². The summed E-state index contributed by atoms with van der Waals surface area (Å²) in [6.45, 7) is 2.18. The van der Waals surface area contributed by atoms with Gasteiger partial charge in [-0.05, 0) is 30.4 Å². The molecule has 1 aliphatic carbocycles. The summed E-state index contributed by atoms with van der Waals surface area (Å²) in [5, 5.41) is 10.2. The molecule has 0 spiro atoms. The van der Waals surface area contributed by atoms with E-state index < -0.39 is 0 Å². The summed E-state index contributed by atoms with van der Waals surface area (Å²) in [5.41, 5.74) is 2.72. The van der Waals surface area contributed by atoms with Crippen LogP contribution in [0, 0.1) is 0 Å². The summed E-state index contributed by atoms with van der Waals surface area (Å²) in [4.78, 5) is 0. The molecule has 2 atom stereocenters. The maximum atomic E-state index is 10.2. The Morgan fingerprint density at radius 1 is 1.19 bits per heavy atom. The van der Waals surface area contributed by atoms with Crippen LogP contribution in [0.2, 0.25) is 0 Å². The summed E-state index contributed by atoms with van der Waals surface area (Å²) in [7, 11) is 0. The molecule has 1 N–H and O–H groups in total. The van der Waals surface area contributed by atoms with Gasteiger partial charge in [0.1, 0.15) is 0 Å². The third-order valence-corrected chi connectivity index (χ3v) is 3.77. The quantitative estimate of drug-likeness (QED) is 0.751. The predicted octanol–water partition coefficient (Wildman–Crippen LogP) is 3.66. The first kappa shape index (κ1) is 11.7. The molecule has 0 radical (unpaired) electrons. The van der Waals surface area contributed by atoms with E-state index in [-0.39, 0.29) is 6.10 Å². The fourth-order valence-corrected chi connectivity index (χ4v) is 2.72. The highest BCUT2D eigenvalue weighted by atomic mass is 16.3. The zero-order valence-corrected chi connectivity index (χ0v) is 10.2. The van der Waals surface area contributed by atoms with E-state index in [9.17, 15) is 5.11 Å². The molecule has 1 heteroatoms. The monoisotopic (exact) mass is 218 g/mol. The molecule has 2 unspecified atom stereocenters. The van der Waals surface area contributed by atoms with Crippen molar-refractivity contribution in [3.8, 4) is 0 Å². The molecule has 16 heavy (non-hydrogen) atoms. The molecule has 0 amide bonds. The van der Waals surface area contributed by atoms with Gasteiger partial charge in [-0.25, -0.2) is 0 Å². The van der Waals surface area contributed by atoms with E-state index in [0.717, 1.165) is 19.3 Å². The van der Waals surface area contributed by atoms with Gasteiger partial charge < -0.3 is 5.11 Å². The van der Waals surface area contributed by atoms with Crippen LogP contribution in [-0.4, -0.2) is 11.2 Å². The fraction of sp³-hybridized carbons (Fsp3) is 0.600. The second-order valence-corrected chi connectivity index (χ2v) is 4.91. The normalized spacial score (nSPS) is 26.4. The first-order valence-electron chi connectivity index (χ1n) is 6.58. The molecule has 1 fully saturated rings. The summed E-state index contributed by atoms with van der Waals surface area (Å²) in [6, 6.07) is 8.76. The second-order valence-electron chi connectivity index (χ2n) is 4.91. The van der Waals surface area contributed by atoms with E-state index in [4.69, 9.17) is 0 Å². The molecule has 0 aromatic heterocycles. The fourth-order valence-electron chi connectivity index (χ4n) is 2.72. The number of aliphatic hydroxyl groups excluding tert-OH is 1. The zero-order chi connectivity index (χ0) is 11.4. The lowest BCUT2D eigenvalue weighted by atomic mass is 9.88. The number of hydrogen-bond acceptors (Lipinski definition) is 1. The minimum absolute atomic E-state index is 0.130. The number of benzene rings is 1. The lowest BCUT2D eigenvalue weighted by Crippen LogP contribution is -2.16. The Hall–Kier alpha value is -0.820. The van der Waals surface area contributed by atoms with Gasteiger partial charge in [-0.2, -0.15) is 0 Å². The van der Waals surface area contributed by atoms with Crippen LogP contribution in [0.5, 0.6) is 0 Å². The van der Waals surface area contributed by atoms with Crippen molar-refractivity contribution in [1.29, 1.82) is 0 Å². The van der Waals surface area contributed by atoms with E-state index in [1.54, 1.807) is 0 Å². The highest BCUT2D eigenvalue weighted by Gasteiger charge is 2.22. The smallest absolute Gasteiger partial charge is 0.0608 e. The number of hydrogen-bond donors (Lipinski definition) is 1. The maximum Gasteiger partial charge on any atom is 0.0608 e. The molecule has 0 bridgehead atoms. The molecule has 1 saturated carbocycles. The lowest BCUT2D eigenvalue weighted by molar-refractivity contribution is 0.135. The Balaban J connectivity index is 2.19. The summed E-state index contributed by atoms with van der Waals surface area (Å²) in [5.74, 6) is 0.369. The zero-order valence-electron chi connectivity index (χ0n) is 10.2. The Morgan fingerprint density at radius 3 is 2.81 bits per heavy atom. The predicted molar refractivity (Wildman–Crippen MR) is 67.7 cm³/mol. The first-order valence-corrected chi connectivity index (χ1v) is 6.58. The molecule has 1 aromatic rings. The van der Waals surface area contributed by atoms with Crippen molar-refractivity contribution in [2.45, 2.75) is 57.5 Å². The van der Waals surface area contributed by atoms with Crippen LogP contribution in [0.15, 0.2) is 24.3 Å². The van der Waals surface area contributed by atoms with E-state index >= 15 is 0 Å². The second kappa shape index (κ2) is 5.49. The molecular formula is C15H22O. The minimum atomic E-state index is -0.130. The van der Waals surface area contributed by atoms with Crippen LogP contribution >= 0.6 is 0 Å². The molecule has 0 aliphatic heterocycles. The standard InChI is InChI=1S/C15H22O/c1-2-12-7-6-8-13(11-12)14-9-4-3-5-10-15(14)16/h6-8,11,14-16H,2-5,9-10H2,1H3. The molecule has 1 aromatic carbocycles. The van der Waals surface area contributed by atoms with Gasteiger partial charge in [-0.15, -0.1) is 0 Å². The molecule has 2 rings (SSSR count). The highest BCUT2D eigenvalue weighted by Crippen LogP contribution is 2.32. The largest absolute Gasteiger partial charge is 0.392 e. The van der Waals surface area contributed by atoms with Crippen LogP contribution < -0.4 is 0 Å². The van der Waals surface area contributed by atoms with Crippen molar-refractivity contribution in [2.75, 3.05) is 0 Å². The van der Waals surface area contributed by atoms with Gasteiger partial charge in [0.25, 0.3) is 0 Å². The summed E-state index contributed by atoms with van der Waals surface area (Å²) >= 11 is 0. The Kier molecular flexibility index (Phi) is 4.00. The first-order chi connectivity index (χ1) is 7.81. The summed E-state index contributed by atoms with van der Waals surface area (Å²) in [6.07, 6.45) is 6.80. The SMILES string of the molecule is CCc1cccc(C2CCCCCC2O)c1. The number of aliphatic hydroxyl groups is 1. The van der Waals surface area contributed by atoms with Crippen molar-refractivity contribution in [3.05, 3.63) is 35.4 Å². The lowest BCUT2D eigenvalue weighted by Gasteiger charge is -2.21. The Bertz CT molecular complexity index is 332. The van der Waals surface area contributed by atoms with E-state index in [1.165, 1.54) is 30.4 Å². The topological polar surface area (TPSA) is 20.2 Å². The molecule has 1 aliphatic rings. The van der Waals surface area contributed by atoms with Crippen molar-refractivity contribution >= 4 is 0 Å². The van der Waals surface area contributed by atoms with Crippen molar-refractivity contribution in [3.63, 3.8) is 0 Å². The molecular weight excluding hydrogens is 196 g/mol. The highest BCUT2D eigenvalue weighted by molar-refractivity contribution is 5.27. The number of rotatable bonds is 2. The number of aryl methyl sites for hydroxylation is 1. The third-order valence-electron chi connectivity index (χ3n) is 3.77. The third kappa shape index (κ3) is 2.65. The average Bonchev–Trinajstić information content (AvgIpc) is 2.54. The van der Waals surface area contributed by atoms with Gasteiger partial charge in [-0.3, -0.25) is 0 Å². The van der Waals surface area contributed by atoms with Gasteiger partial charge in [0.15, 0.2) is 0 Å². The Labute approximate surface area is 98.5 Å². The molecule has 0 saturated heterocycles.